The number of hydrogen-bond donors (Lipinski definition) is 2. The van der Waals surface area contributed by atoms with Crippen LogP contribution < -0.4 is 10.6 Å². The van der Waals surface area contributed by atoms with Crippen LogP contribution in [0.25, 0.3) is 10.2 Å². The highest BCUT2D eigenvalue weighted by Gasteiger charge is 2.34. The molecule has 9 heteroatoms. The number of ether oxygens (including phenoxy) is 1. The summed E-state index contributed by atoms with van der Waals surface area (Å²) in [6, 6.07) is 0.895. The molecule has 1 aliphatic heterocycles. The molecule has 0 aliphatic carbocycles. The molecule has 8 nitrogen and oxygen atoms in total. The number of nitrogens with one attached hydrogen (secondary N) is 2. The van der Waals surface area contributed by atoms with E-state index < -0.39 is 17.7 Å². The molecule has 0 spiro atoms. The Balaban J connectivity index is 1.81. The zero-order valence-electron chi connectivity index (χ0n) is 15.4. The quantitative estimate of drug-likeness (QED) is 0.758. The van der Waals surface area contributed by atoms with Gasteiger partial charge in [0.1, 0.15) is 11.1 Å². The van der Waals surface area contributed by atoms with E-state index in [4.69, 9.17) is 4.74 Å². The topological polar surface area (TPSA) is 110 Å². The summed E-state index contributed by atoms with van der Waals surface area (Å²) < 4.78 is 6.11. The summed E-state index contributed by atoms with van der Waals surface area (Å²) in [5.41, 5.74) is -0.0651. The number of carbonyl (C=O) groups is 3. The molecule has 0 aromatic carbocycles. The molecule has 3 heterocycles. The van der Waals surface area contributed by atoms with E-state index in [0.717, 1.165) is 4.70 Å². The first kappa shape index (κ1) is 19.2. The molecule has 0 radical (unpaired) electrons. The maximum absolute atomic E-state index is 13.0. The van der Waals surface area contributed by atoms with Gasteiger partial charge in [-0.2, -0.15) is 0 Å². The SMILES string of the molecule is CC(C)(C)OC(=O)N[C@@H](C[C@@H]1CCNC1=O)C(=O)c1nc2cnccc2s1. The molecule has 1 fully saturated rings. The highest BCUT2D eigenvalue weighted by molar-refractivity contribution is 7.20. The monoisotopic (exact) mass is 390 g/mol. The third-order valence-corrected chi connectivity index (χ3v) is 5.14. The smallest absolute Gasteiger partial charge is 0.408 e. The fraction of sp³-hybridized carbons (Fsp3) is 0.500. The van der Waals surface area contributed by atoms with Crippen LogP contribution in [0.2, 0.25) is 0 Å². The van der Waals surface area contributed by atoms with Crippen LogP contribution in [0.1, 0.15) is 43.4 Å². The van der Waals surface area contributed by atoms with Crippen LogP contribution in [0.3, 0.4) is 0 Å². The maximum atomic E-state index is 13.0. The molecule has 0 bridgehead atoms. The Morgan fingerprint density at radius 1 is 1.44 bits per heavy atom. The van der Waals surface area contributed by atoms with Crippen LogP contribution in [-0.2, 0) is 9.53 Å². The van der Waals surface area contributed by atoms with E-state index in [1.807, 2.05) is 0 Å². The van der Waals surface area contributed by atoms with Crippen molar-refractivity contribution < 1.29 is 19.1 Å². The molecule has 27 heavy (non-hydrogen) atoms. The molecule has 144 valence electrons. The average Bonchev–Trinajstić information content (AvgIpc) is 3.18. The Morgan fingerprint density at radius 3 is 2.85 bits per heavy atom. The van der Waals surface area contributed by atoms with Gasteiger partial charge >= 0.3 is 6.09 Å². The molecular weight excluding hydrogens is 368 g/mol. The Kier molecular flexibility index (Phi) is 5.41. The largest absolute Gasteiger partial charge is 0.444 e. The first-order chi connectivity index (χ1) is 12.7. The summed E-state index contributed by atoms with van der Waals surface area (Å²) in [5, 5.41) is 5.65. The molecule has 2 amide bonds. The Labute approximate surface area is 160 Å². The number of carbonyl (C=O) groups excluding carboxylic acids is 3. The fourth-order valence-electron chi connectivity index (χ4n) is 2.87. The van der Waals surface area contributed by atoms with Crippen LogP contribution in [0, 0.1) is 5.92 Å². The van der Waals surface area contributed by atoms with Crippen molar-refractivity contribution in [2.75, 3.05) is 6.54 Å². The van der Waals surface area contributed by atoms with E-state index in [-0.39, 0.29) is 29.0 Å². The zero-order chi connectivity index (χ0) is 19.6. The van der Waals surface area contributed by atoms with Crippen LogP contribution in [0.5, 0.6) is 0 Å². The van der Waals surface area contributed by atoms with Gasteiger partial charge in [-0.1, -0.05) is 0 Å². The lowest BCUT2D eigenvalue weighted by Crippen LogP contribution is -2.45. The molecule has 1 saturated heterocycles. The summed E-state index contributed by atoms with van der Waals surface area (Å²) in [6.45, 7) is 5.81. The molecule has 1 aliphatic rings. The second kappa shape index (κ2) is 7.59. The molecule has 3 rings (SSSR count). The van der Waals surface area contributed by atoms with Gasteiger partial charge in [-0.15, -0.1) is 11.3 Å². The van der Waals surface area contributed by atoms with E-state index in [1.54, 1.807) is 39.2 Å². The molecule has 2 atom stereocenters. The maximum Gasteiger partial charge on any atom is 0.408 e. The van der Waals surface area contributed by atoms with E-state index in [2.05, 4.69) is 20.6 Å². The van der Waals surface area contributed by atoms with Gasteiger partial charge in [0.15, 0.2) is 5.01 Å². The Bertz CT molecular complexity index is 841. The van der Waals surface area contributed by atoms with Gasteiger partial charge in [-0.05, 0) is 39.7 Å². The fourth-order valence-corrected chi connectivity index (χ4v) is 3.80. The van der Waals surface area contributed by atoms with Crippen LogP contribution in [-0.4, -0.2) is 45.9 Å². The molecular formula is C18H22N4O4S. The summed E-state index contributed by atoms with van der Waals surface area (Å²) in [7, 11) is 0. The van der Waals surface area contributed by atoms with Crippen LogP contribution >= 0.6 is 11.3 Å². The highest BCUT2D eigenvalue weighted by Crippen LogP contribution is 2.24. The standard InChI is InChI=1S/C18H22N4O4S/c1-18(2,3)26-17(25)22-11(8-10-4-7-20-15(10)24)14(23)16-21-12-9-19-6-5-13(12)27-16/h5-6,9-11H,4,7-8H2,1-3H3,(H,20,24)(H,22,25)/t10-,11-/m0/s1. The number of pyridine rings is 1. The molecule has 2 aromatic heterocycles. The van der Waals surface area contributed by atoms with Crippen molar-refractivity contribution in [3.05, 3.63) is 23.5 Å². The van der Waals surface area contributed by atoms with Gasteiger partial charge in [0.25, 0.3) is 0 Å². The predicted molar refractivity (Wildman–Crippen MR) is 101 cm³/mol. The van der Waals surface area contributed by atoms with Gasteiger partial charge < -0.3 is 15.4 Å². The third kappa shape index (κ3) is 4.79. The van der Waals surface area contributed by atoms with Gasteiger partial charge in [0.2, 0.25) is 11.7 Å². The number of alkyl carbamates (subject to hydrolysis) is 1. The van der Waals surface area contributed by atoms with Gasteiger partial charge in [0.05, 0.1) is 16.9 Å². The molecule has 2 aromatic rings. The number of thiazole rings is 1. The van der Waals surface area contributed by atoms with E-state index in [9.17, 15) is 14.4 Å². The average molecular weight is 390 g/mol. The van der Waals surface area contributed by atoms with Crippen molar-refractivity contribution in [3.63, 3.8) is 0 Å². The summed E-state index contributed by atoms with van der Waals surface area (Å²) in [5.74, 6) is -0.765. The minimum atomic E-state index is -0.887. The summed E-state index contributed by atoms with van der Waals surface area (Å²) >= 11 is 1.24. The number of ketones is 1. The minimum absolute atomic E-state index is 0.104. The van der Waals surface area contributed by atoms with Crippen molar-refractivity contribution in [1.29, 1.82) is 0 Å². The minimum Gasteiger partial charge on any atom is -0.444 e. The number of hydrogen-bond acceptors (Lipinski definition) is 7. The van der Waals surface area contributed by atoms with Crippen molar-refractivity contribution in [3.8, 4) is 0 Å². The molecule has 2 N–H and O–H groups in total. The summed E-state index contributed by atoms with van der Waals surface area (Å²) in [6.07, 6.45) is 3.36. The van der Waals surface area contributed by atoms with Gasteiger partial charge in [0, 0.05) is 18.7 Å². The number of amides is 2. The normalized spacial score (nSPS) is 18.2. The Morgan fingerprint density at radius 2 is 2.22 bits per heavy atom. The second-order valence-electron chi connectivity index (χ2n) is 7.44. The highest BCUT2D eigenvalue weighted by atomic mass is 32.1. The Hall–Kier alpha value is -2.55. The van der Waals surface area contributed by atoms with E-state index >= 15 is 0 Å². The predicted octanol–water partition coefficient (Wildman–Crippen LogP) is 2.29. The second-order valence-corrected chi connectivity index (χ2v) is 8.47. The van der Waals surface area contributed by atoms with Crippen molar-refractivity contribution in [2.24, 2.45) is 5.92 Å². The van der Waals surface area contributed by atoms with Crippen molar-refractivity contribution >= 4 is 39.3 Å². The number of nitrogens with zero attached hydrogens (tertiary/aromatic N) is 2. The first-order valence-corrected chi connectivity index (χ1v) is 9.56. The number of aromatic nitrogens is 2. The van der Waals surface area contributed by atoms with Gasteiger partial charge in [-0.25, -0.2) is 9.78 Å². The lowest BCUT2D eigenvalue weighted by molar-refractivity contribution is -0.122. The van der Waals surface area contributed by atoms with Crippen LogP contribution in [0.4, 0.5) is 4.79 Å². The third-order valence-electron chi connectivity index (χ3n) is 4.09. The van der Waals surface area contributed by atoms with Crippen molar-refractivity contribution in [2.45, 2.75) is 45.3 Å². The zero-order valence-corrected chi connectivity index (χ0v) is 16.3. The molecule has 0 unspecified atom stereocenters. The number of rotatable bonds is 5. The van der Waals surface area contributed by atoms with Crippen molar-refractivity contribution in [1.82, 2.24) is 20.6 Å². The number of Topliss-reactive ketones (excluding diaryl/α,β-unsaturated/α-hetero) is 1. The summed E-state index contributed by atoms with van der Waals surface area (Å²) in [4.78, 5) is 45.5. The lowest BCUT2D eigenvalue weighted by atomic mass is 9.96. The molecule has 0 saturated carbocycles. The lowest BCUT2D eigenvalue weighted by Gasteiger charge is -2.23. The van der Waals surface area contributed by atoms with Crippen LogP contribution in [0.15, 0.2) is 18.5 Å². The van der Waals surface area contributed by atoms with Gasteiger partial charge in [-0.3, -0.25) is 14.6 Å². The first-order valence-electron chi connectivity index (χ1n) is 8.75. The number of fused-ring (bicyclic) bond motifs is 1. The van der Waals surface area contributed by atoms with E-state index in [0.29, 0.717) is 18.5 Å². The van der Waals surface area contributed by atoms with E-state index in [1.165, 1.54) is 11.3 Å².